The lowest BCUT2D eigenvalue weighted by molar-refractivity contribution is 0.102. The standard InChI is InChI=1S/C19H14Cl2N6O2/c1-11-7-9-27-18(22-11)24-25-19(27)23-16(28)12-4-3-8-26(17(12)29)10-13-14(20)5-2-6-15(13)21/h2-9H,10H2,1H3,(H,23,25,28). The molecule has 3 aromatic heterocycles. The van der Waals surface area contributed by atoms with Gasteiger partial charge < -0.3 is 4.57 Å². The molecule has 1 aromatic carbocycles. The fourth-order valence-corrected chi connectivity index (χ4v) is 3.33. The van der Waals surface area contributed by atoms with Crippen LogP contribution in [0, 0.1) is 6.92 Å². The van der Waals surface area contributed by atoms with Crippen LogP contribution in [0.3, 0.4) is 0 Å². The molecule has 0 aliphatic rings. The van der Waals surface area contributed by atoms with Crippen molar-refractivity contribution >= 4 is 40.8 Å². The zero-order chi connectivity index (χ0) is 20.5. The van der Waals surface area contributed by atoms with E-state index >= 15 is 0 Å². The molecule has 1 N–H and O–H groups in total. The van der Waals surface area contributed by atoms with E-state index in [0.29, 0.717) is 21.4 Å². The first-order chi connectivity index (χ1) is 13.9. The molecular formula is C19H14Cl2N6O2. The molecule has 0 aliphatic heterocycles. The smallest absolute Gasteiger partial charge is 0.263 e. The average molecular weight is 429 g/mol. The van der Waals surface area contributed by atoms with E-state index in [2.05, 4.69) is 20.5 Å². The second-order valence-corrected chi connectivity index (χ2v) is 7.09. The van der Waals surface area contributed by atoms with E-state index in [1.54, 1.807) is 42.7 Å². The summed E-state index contributed by atoms with van der Waals surface area (Å²) in [5.41, 5.74) is 0.837. The fourth-order valence-electron chi connectivity index (χ4n) is 2.82. The number of hydrogen-bond donors (Lipinski definition) is 1. The van der Waals surface area contributed by atoms with Crippen LogP contribution >= 0.6 is 23.2 Å². The van der Waals surface area contributed by atoms with Gasteiger partial charge in [-0.1, -0.05) is 29.3 Å². The summed E-state index contributed by atoms with van der Waals surface area (Å²) in [4.78, 5) is 29.8. The van der Waals surface area contributed by atoms with Crippen LogP contribution in [-0.2, 0) is 6.54 Å². The number of fused-ring (bicyclic) bond motifs is 1. The minimum absolute atomic E-state index is 0.0486. The first-order valence-corrected chi connectivity index (χ1v) is 9.31. The minimum Gasteiger partial charge on any atom is -0.310 e. The predicted molar refractivity (Wildman–Crippen MR) is 110 cm³/mol. The summed E-state index contributed by atoms with van der Waals surface area (Å²) < 4.78 is 2.89. The highest BCUT2D eigenvalue weighted by Crippen LogP contribution is 2.24. The molecule has 4 aromatic rings. The predicted octanol–water partition coefficient (Wildman–Crippen LogP) is 3.20. The Labute approximate surface area is 174 Å². The van der Waals surface area contributed by atoms with Gasteiger partial charge in [-0.25, -0.2) is 4.98 Å². The number of nitrogens with zero attached hydrogens (tertiary/aromatic N) is 5. The van der Waals surface area contributed by atoms with Crippen molar-refractivity contribution in [2.24, 2.45) is 0 Å². The first kappa shape index (κ1) is 19.1. The molecule has 146 valence electrons. The lowest BCUT2D eigenvalue weighted by atomic mass is 10.2. The lowest BCUT2D eigenvalue weighted by Gasteiger charge is -2.11. The maximum absolute atomic E-state index is 12.8. The van der Waals surface area contributed by atoms with Crippen LogP contribution in [-0.4, -0.2) is 30.1 Å². The Bertz CT molecular complexity index is 1280. The topological polar surface area (TPSA) is 94.2 Å². The summed E-state index contributed by atoms with van der Waals surface area (Å²) in [5.74, 6) is -0.0925. The number of pyridine rings is 1. The summed E-state index contributed by atoms with van der Waals surface area (Å²) in [5, 5.41) is 11.3. The Hall–Kier alpha value is -3.23. The van der Waals surface area contributed by atoms with Crippen molar-refractivity contribution in [3.63, 3.8) is 0 Å². The molecule has 0 unspecified atom stereocenters. The monoisotopic (exact) mass is 428 g/mol. The molecule has 3 heterocycles. The van der Waals surface area contributed by atoms with E-state index in [0.717, 1.165) is 5.69 Å². The van der Waals surface area contributed by atoms with E-state index in [-0.39, 0.29) is 18.1 Å². The van der Waals surface area contributed by atoms with Gasteiger partial charge in [0.25, 0.3) is 17.2 Å². The summed E-state index contributed by atoms with van der Waals surface area (Å²) in [6, 6.07) is 9.91. The molecule has 0 spiro atoms. The third-order valence-corrected chi connectivity index (χ3v) is 5.01. The van der Waals surface area contributed by atoms with Crippen molar-refractivity contribution in [1.29, 1.82) is 0 Å². The van der Waals surface area contributed by atoms with Crippen molar-refractivity contribution in [3.05, 3.63) is 86.0 Å². The normalized spacial score (nSPS) is 11.0. The largest absolute Gasteiger partial charge is 0.310 e. The number of benzene rings is 1. The molecule has 10 heteroatoms. The highest BCUT2D eigenvalue weighted by molar-refractivity contribution is 6.35. The van der Waals surface area contributed by atoms with Gasteiger partial charge in [-0.05, 0) is 37.3 Å². The van der Waals surface area contributed by atoms with Crippen LogP contribution in [0.2, 0.25) is 10.0 Å². The third-order valence-electron chi connectivity index (χ3n) is 4.30. The highest BCUT2D eigenvalue weighted by Gasteiger charge is 2.17. The first-order valence-electron chi connectivity index (χ1n) is 8.56. The van der Waals surface area contributed by atoms with Gasteiger partial charge in [-0.3, -0.25) is 19.3 Å². The highest BCUT2D eigenvalue weighted by atomic mass is 35.5. The van der Waals surface area contributed by atoms with Gasteiger partial charge in [0.1, 0.15) is 5.56 Å². The summed E-state index contributed by atoms with van der Waals surface area (Å²) in [7, 11) is 0. The molecule has 1 amide bonds. The average Bonchev–Trinajstić information content (AvgIpc) is 3.07. The minimum atomic E-state index is -0.607. The van der Waals surface area contributed by atoms with Crippen LogP contribution in [0.1, 0.15) is 21.6 Å². The number of carbonyl (C=O) groups excluding carboxylic acids is 1. The molecule has 0 atom stereocenters. The third kappa shape index (κ3) is 3.72. The second-order valence-electron chi connectivity index (χ2n) is 6.27. The van der Waals surface area contributed by atoms with Gasteiger partial charge in [-0.15, -0.1) is 10.2 Å². The molecule has 8 nitrogen and oxygen atoms in total. The van der Waals surface area contributed by atoms with Crippen molar-refractivity contribution in [3.8, 4) is 0 Å². The van der Waals surface area contributed by atoms with Crippen molar-refractivity contribution in [2.75, 3.05) is 5.32 Å². The van der Waals surface area contributed by atoms with Gasteiger partial charge in [0.2, 0.25) is 5.95 Å². The fraction of sp³-hybridized carbons (Fsp3) is 0.105. The number of amides is 1. The summed E-state index contributed by atoms with van der Waals surface area (Å²) in [6.07, 6.45) is 3.26. The second kappa shape index (κ2) is 7.65. The van der Waals surface area contributed by atoms with Crippen molar-refractivity contribution in [1.82, 2.24) is 24.1 Å². The zero-order valence-corrected chi connectivity index (χ0v) is 16.6. The van der Waals surface area contributed by atoms with E-state index < -0.39 is 11.5 Å². The Morgan fingerprint density at radius 3 is 2.59 bits per heavy atom. The van der Waals surface area contributed by atoms with Crippen LogP contribution in [0.5, 0.6) is 0 Å². The Morgan fingerprint density at radius 2 is 1.83 bits per heavy atom. The summed E-state index contributed by atoms with van der Waals surface area (Å²) >= 11 is 12.4. The molecule has 0 bridgehead atoms. The molecule has 0 saturated heterocycles. The van der Waals surface area contributed by atoms with Crippen molar-refractivity contribution < 1.29 is 4.79 Å². The molecule has 29 heavy (non-hydrogen) atoms. The maximum Gasteiger partial charge on any atom is 0.263 e. The van der Waals surface area contributed by atoms with Gasteiger partial charge in [0.05, 0.1) is 6.54 Å². The Balaban J connectivity index is 1.64. The number of nitrogens with one attached hydrogen (secondary N) is 1. The van der Waals surface area contributed by atoms with E-state index in [9.17, 15) is 9.59 Å². The van der Waals surface area contributed by atoms with Crippen molar-refractivity contribution in [2.45, 2.75) is 13.5 Å². The number of halogens is 2. The van der Waals surface area contributed by atoms with Crippen LogP contribution < -0.4 is 10.9 Å². The maximum atomic E-state index is 12.8. The van der Waals surface area contributed by atoms with Gasteiger partial charge >= 0.3 is 0 Å². The van der Waals surface area contributed by atoms with E-state index in [1.165, 1.54) is 15.0 Å². The van der Waals surface area contributed by atoms with Crippen LogP contribution in [0.25, 0.3) is 5.78 Å². The van der Waals surface area contributed by atoms with Crippen LogP contribution in [0.15, 0.2) is 53.6 Å². The molecule has 0 aliphatic carbocycles. The quantitative estimate of drug-likeness (QED) is 0.538. The Morgan fingerprint density at radius 1 is 1.07 bits per heavy atom. The SMILES string of the molecule is Cc1ccn2c(NC(=O)c3cccn(Cc4c(Cl)cccc4Cl)c3=O)nnc2n1. The number of anilines is 1. The molecular weight excluding hydrogens is 415 g/mol. The Kier molecular flexibility index (Phi) is 5.04. The number of aryl methyl sites for hydroxylation is 1. The van der Waals surface area contributed by atoms with Gasteiger partial charge in [0, 0.05) is 33.7 Å². The summed E-state index contributed by atoms with van der Waals surface area (Å²) in [6.45, 7) is 1.96. The molecule has 4 rings (SSSR count). The number of carbonyl (C=O) groups is 1. The van der Waals surface area contributed by atoms with E-state index in [1.807, 2.05) is 6.92 Å². The lowest BCUT2D eigenvalue weighted by Crippen LogP contribution is -2.29. The number of hydrogen-bond acceptors (Lipinski definition) is 5. The van der Waals surface area contributed by atoms with E-state index in [4.69, 9.17) is 23.2 Å². The van der Waals surface area contributed by atoms with Gasteiger partial charge in [0.15, 0.2) is 0 Å². The van der Waals surface area contributed by atoms with Gasteiger partial charge in [-0.2, -0.15) is 0 Å². The number of aromatic nitrogens is 5. The molecule has 0 saturated carbocycles. The number of rotatable bonds is 4. The molecule has 0 fully saturated rings. The molecule has 0 radical (unpaired) electrons. The zero-order valence-electron chi connectivity index (χ0n) is 15.1. The van der Waals surface area contributed by atoms with Crippen LogP contribution in [0.4, 0.5) is 5.95 Å².